The van der Waals surface area contributed by atoms with Gasteiger partial charge in [0.15, 0.2) is 0 Å². The first-order valence-corrected chi connectivity index (χ1v) is 20.2. The first-order chi connectivity index (χ1) is 28.4. The van der Waals surface area contributed by atoms with Crippen LogP contribution in [0.5, 0.6) is 0 Å². The first-order valence-electron chi connectivity index (χ1n) is 20.2. The molecule has 1 atom stereocenters. The van der Waals surface area contributed by atoms with Crippen LogP contribution in [0.25, 0.3) is 22.3 Å². The highest BCUT2D eigenvalue weighted by molar-refractivity contribution is 5.85. The van der Waals surface area contributed by atoms with E-state index in [1.807, 2.05) is 0 Å². The van der Waals surface area contributed by atoms with Crippen molar-refractivity contribution >= 4 is 22.5 Å². The molecule has 0 fully saturated rings. The molecule has 0 amide bonds. The number of anilines is 2. The smallest absolute Gasteiger partial charge is 0.0485 e. The second-order valence-corrected chi connectivity index (χ2v) is 15.3. The fraction of sp³-hybridized carbons (Fsp3) is 0.0877. The lowest BCUT2D eigenvalue weighted by molar-refractivity contribution is 1.01. The van der Waals surface area contributed by atoms with Crippen LogP contribution in [-0.4, -0.2) is 0 Å². The molecule has 8 rings (SSSR count). The SMILES string of the molecule is Cc1ccc(C(C=C(c2ccccc2)c2ccccc2)c2ccc(-c3ccc(N(C=C(c4ccccc4)c4ccccc4)c4ccc(C)cc4C)cc3)cc2)c(C)c1. The van der Waals surface area contributed by atoms with E-state index in [9.17, 15) is 0 Å². The Balaban J connectivity index is 1.18. The van der Waals surface area contributed by atoms with Crippen molar-refractivity contribution in [3.8, 4) is 11.1 Å². The summed E-state index contributed by atoms with van der Waals surface area (Å²) in [6.07, 6.45) is 4.76. The van der Waals surface area contributed by atoms with Gasteiger partial charge in [-0.1, -0.05) is 205 Å². The lowest BCUT2D eigenvalue weighted by Crippen LogP contribution is -2.12. The molecule has 1 unspecified atom stereocenters. The average Bonchev–Trinajstić information content (AvgIpc) is 3.27. The summed E-state index contributed by atoms with van der Waals surface area (Å²) in [6, 6.07) is 74.6. The van der Waals surface area contributed by atoms with Crippen LogP contribution in [0.2, 0.25) is 0 Å². The summed E-state index contributed by atoms with van der Waals surface area (Å²) in [5, 5.41) is 0. The van der Waals surface area contributed by atoms with Crippen LogP contribution in [0.3, 0.4) is 0 Å². The van der Waals surface area contributed by atoms with Crippen molar-refractivity contribution in [1.29, 1.82) is 0 Å². The molecule has 0 aliphatic rings. The maximum Gasteiger partial charge on any atom is 0.0485 e. The third-order valence-electron chi connectivity index (χ3n) is 11.1. The molecule has 1 heteroatoms. The minimum Gasteiger partial charge on any atom is -0.316 e. The fourth-order valence-electron chi connectivity index (χ4n) is 8.04. The van der Waals surface area contributed by atoms with Gasteiger partial charge < -0.3 is 4.90 Å². The first kappa shape index (κ1) is 37.9. The summed E-state index contributed by atoms with van der Waals surface area (Å²) >= 11 is 0. The molecule has 8 aromatic rings. The van der Waals surface area contributed by atoms with Crippen molar-refractivity contribution in [2.45, 2.75) is 33.6 Å². The fourth-order valence-corrected chi connectivity index (χ4v) is 8.04. The average molecular weight is 748 g/mol. The number of allylic oxidation sites excluding steroid dienone is 1. The predicted molar refractivity (Wildman–Crippen MR) is 248 cm³/mol. The molecule has 0 radical (unpaired) electrons. The molecule has 282 valence electrons. The normalized spacial score (nSPS) is 11.4. The van der Waals surface area contributed by atoms with E-state index < -0.39 is 0 Å². The topological polar surface area (TPSA) is 3.24 Å². The molecule has 58 heavy (non-hydrogen) atoms. The molecule has 0 aromatic heterocycles. The highest BCUT2D eigenvalue weighted by Crippen LogP contribution is 2.38. The van der Waals surface area contributed by atoms with Gasteiger partial charge >= 0.3 is 0 Å². The van der Waals surface area contributed by atoms with Gasteiger partial charge in [0.05, 0.1) is 0 Å². The van der Waals surface area contributed by atoms with Gasteiger partial charge in [0.25, 0.3) is 0 Å². The quantitative estimate of drug-likeness (QED) is 0.127. The molecular weight excluding hydrogens is 699 g/mol. The summed E-state index contributed by atoms with van der Waals surface area (Å²) in [5.74, 6) is 0.0638. The van der Waals surface area contributed by atoms with E-state index in [-0.39, 0.29) is 5.92 Å². The van der Waals surface area contributed by atoms with Gasteiger partial charge in [-0.25, -0.2) is 0 Å². The summed E-state index contributed by atoms with van der Waals surface area (Å²) in [6.45, 7) is 8.77. The largest absolute Gasteiger partial charge is 0.316 e. The summed E-state index contributed by atoms with van der Waals surface area (Å²) in [4.78, 5) is 2.34. The Kier molecular flexibility index (Phi) is 11.4. The Morgan fingerprint density at radius 2 is 0.845 bits per heavy atom. The third-order valence-corrected chi connectivity index (χ3v) is 11.1. The second-order valence-electron chi connectivity index (χ2n) is 15.3. The van der Waals surface area contributed by atoms with Crippen LogP contribution < -0.4 is 4.90 Å². The Morgan fingerprint density at radius 1 is 0.414 bits per heavy atom. The molecule has 1 nitrogen and oxygen atoms in total. The van der Waals surface area contributed by atoms with Crippen LogP contribution in [0.4, 0.5) is 11.4 Å². The number of rotatable bonds is 11. The van der Waals surface area contributed by atoms with Crippen LogP contribution in [0, 0.1) is 27.7 Å². The molecule has 0 aliphatic heterocycles. The van der Waals surface area contributed by atoms with Crippen molar-refractivity contribution in [1.82, 2.24) is 0 Å². The van der Waals surface area contributed by atoms with Gasteiger partial charge in [-0.05, 0) is 107 Å². The highest BCUT2D eigenvalue weighted by Gasteiger charge is 2.19. The Labute approximate surface area is 344 Å². The number of hydrogen-bond acceptors (Lipinski definition) is 1. The van der Waals surface area contributed by atoms with E-state index >= 15 is 0 Å². The van der Waals surface area contributed by atoms with E-state index in [4.69, 9.17) is 0 Å². The van der Waals surface area contributed by atoms with E-state index in [1.54, 1.807) is 0 Å². The Bertz CT molecular complexity index is 2380. The van der Waals surface area contributed by atoms with E-state index in [0.717, 1.165) is 16.9 Å². The number of aryl methyl sites for hydroxylation is 4. The molecule has 0 N–H and O–H groups in total. The van der Waals surface area contributed by atoms with Crippen molar-refractivity contribution in [2.75, 3.05) is 4.90 Å². The standard InChI is InChI=1S/C57H49N/c1-41-25-35-53(43(3)37-41)55(39-54(47-17-9-5-10-18-47)48-19-11-6-12-20-48)51-29-27-45(28-30-51)46-31-33-52(34-32-46)58(57-36-26-42(2)38-44(57)4)40-56(49-21-13-7-14-22-49)50-23-15-8-16-24-50/h5-40,55H,1-4H3. The molecular formula is C57H49N. The summed E-state index contributed by atoms with van der Waals surface area (Å²) < 4.78 is 0. The predicted octanol–water partition coefficient (Wildman–Crippen LogP) is 15.1. The van der Waals surface area contributed by atoms with Gasteiger partial charge in [-0.15, -0.1) is 0 Å². The van der Waals surface area contributed by atoms with Crippen LogP contribution in [-0.2, 0) is 0 Å². The maximum atomic E-state index is 2.46. The zero-order chi connectivity index (χ0) is 39.8. The van der Waals surface area contributed by atoms with Crippen LogP contribution in [0.1, 0.15) is 61.6 Å². The monoisotopic (exact) mass is 747 g/mol. The number of hydrogen-bond donors (Lipinski definition) is 0. The maximum absolute atomic E-state index is 2.46. The summed E-state index contributed by atoms with van der Waals surface area (Å²) in [7, 11) is 0. The molecule has 0 spiro atoms. The minimum absolute atomic E-state index is 0.0638. The lowest BCUT2D eigenvalue weighted by atomic mass is 9.83. The zero-order valence-electron chi connectivity index (χ0n) is 33.8. The molecule has 0 bridgehead atoms. The molecule has 0 aliphatic carbocycles. The Hall–Kier alpha value is -6.96. The summed E-state index contributed by atoms with van der Waals surface area (Å²) in [5.41, 5.74) is 19.4. The minimum atomic E-state index is 0.0638. The second kappa shape index (κ2) is 17.5. The highest BCUT2D eigenvalue weighted by atomic mass is 15.1. The van der Waals surface area contributed by atoms with Gasteiger partial charge in [0, 0.05) is 29.1 Å². The molecule has 0 saturated heterocycles. The van der Waals surface area contributed by atoms with E-state index in [2.05, 4.69) is 251 Å². The lowest BCUT2D eigenvalue weighted by Gasteiger charge is -2.25. The van der Waals surface area contributed by atoms with Gasteiger partial charge in [0.1, 0.15) is 0 Å². The van der Waals surface area contributed by atoms with Crippen molar-refractivity contribution in [2.24, 2.45) is 0 Å². The third kappa shape index (κ3) is 8.55. The van der Waals surface area contributed by atoms with Gasteiger partial charge in [0.2, 0.25) is 0 Å². The van der Waals surface area contributed by atoms with Crippen LogP contribution >= 0.6 is 0 Å². The van der Waals surface area contributed by atoms with E-state index in [1.165, 1.54) is 72.3 Å². The molecule has 0 saturated carbocycles. The van der Waals surface area contributed by atoms with E-state index in [0.29, 0.717) is 0 Å². The van der Waals surface area contributed by atoms with Crippen molar-refractivity contribution in [3.05, 3.63) is 274 Å². The van der Waals surface area contributed by atoms with Crippen molar-refractivity contribution < 1.29 is 0 Å². The van der Waals surface area contributed by atoms with Crippen molar-refractivity contribution in [3.63, 3.8) is 0 Å². The van der Waals surface area contributed by atoms with Gasteiger partial charge in [-0.3, -0.25) is 0 Å². The Morgan fingerprint density at radius 3 is 1.31 bits per heavy atom. The zero-order valence-corrected chi connectivity index (χ0v) is 33.8. The number of benzene rings is 8. The molecule has 0 heterocycles. The number of nitrogens with zero attached hydrogens (tertiary/aromatic N) is 1. The molecule has 8 aromatic carbocycles. The van der Waals surface area contributed by atoms with Gasteiger partial charge in [-0.2, -0.15) is 0 Å². The van der Waals surface area contributed by atoms with Crippen LogP contribution in [0.15, 0.2) is 219 Å².